The molecule has 4 aromatic rings. The lowest BCUT2D eigenvalue weighted by molar-refractivity contribution is 0.246. The minimum atomic E-state index is -3.76. The highest BCUT2D eigenvalue weighted by atomic mass is 32.2. The highest BCUT2D eigenvalue weighted by Gasteiger charge is 2.26. The molecule has 1 atom stereocenters. The predicted molar refractivity (Wildman–Crippen MR) is 144 cm³/mol. The van der Waals surface area contributed by atoms with Gasteiger partial charge in [-0.15, -0.1) is 0 Å². The maximum Gasteiger partial charge on any atom is 0.261 e. The first-order valence-electron chi connectivity index (χ1n) is 12.2. The number of aromatic amines is 1. The molecule has 1 saturated heterocycles. The third-order valence-electron chi connectivity index (χ3n) is 6.74. The van der Waals surface area contributed by atoms with Crippen LogP contribution in [0.25, 0.3) is 11.3 Å². The fraction of sp³-hybridized carbons (Fsp3) is 0.241. The molecule has 1 fully saturated rings. The molecule has 6 nitrogen and oxygen atoms in total. The van der Waals surface area contributed by atoms with E-state index in [0.29, 0.717) is 23.0 Å². The van der Waals surface area contributed by atoms with Crippen LogP contribution >= 0.6 is 0 Å². The largest absolute Gasteiger partial charge is 0.496 e. The molecule has 0 spiro atoms. The fourth-order valence-corrected chi connectivity index (χ4v) is 5.96. The number of aromatic nitrogens is 1. The van der Waals surface area contributed by atoms with E-state index in [2.05, 4.69) is 51.0 Å². The Hall–Kier alpha value is -3.55. The Morgan fingerprint density at radius 3 is 2.53 bits per heavy atom. The summed E-state index contributed by atoms with van der Waals surface area (Å²) in [6, 6.07) is 27.3. The summed E-state index contributed by atoms with van der Waals surface area (Å²) < 4.78 is 34.5. The zero-order valence-electron chi connectivity index (χ0n) is 20.6. The normalized spacial score (nSPS) is 16.2. The van der Waals surface area contributed by atoms with E-state index < -0.39 is 10.0 Å². The second-order valence-corrected chi connectivity index (χ2v) is 11.0. The van der Waals surface area contributed by atoms with Crippen LogP contribution in [0.2, 0.25) is 0 Å². The molecule has 0 amide bonds. The molecule has 2 heterocycles. The summed E-state index contributed by atoms with van der Waals surface area (Å²) in [6.45, 7) is 3.81. The van der Waals surface area contributed by atoms with E-state index in [1.807, 2.05) is 25.1 Å². The zero-order chi connectivity index (χ0) is 25.1. The fourth-order valence-electron chi connectivity index (χ4n) is 4.88. The van der Waals surface area contributed by atoms with Crippen LogP contribution in [0.3, 0.4) is 0 Å². The highest BCUT2D eigenvalue weighted by Crippen LogP contribution is 2.35. The number of ether oxygens (including phenoxy) is 1. The molecule has 0 bridgehead atoms. The number of methoxy groups -OCH3 is 1. The quantitative estimate of drug-likeness (QED) is 0.304. The maximum atomic E-state index is 13.1. The number of sulfonamides is 1. The second-order valence-electron chi connectivity index (χ2n) is 9.27. The van der Waals surface area contributed by atoms with Gasteiger partial charge in [0.05, 0.1) is 12.0 Å². The van der Waals surface area contributed by atoms with Crippen molar-refractivity contribution in [3.63, 3.8) is 0 Å². The summed E-state index contributed by atoms with van der Waals surface area (Å²) in [5.74, 6) is 0.612. The third-order valence-corrected chi connectivity index (χ3v) is 8.12. The van der Waals surface area contributed by atoms with Gasteiger partial charge in [0.15, 0.2) is 0 Å². The van der Waals surface area contributed by atoms with Crippen LogP contribution in [0.4, 0.5) is 5.69 Å². The lowest BCUT2D eigenvalue weighted by atomic mass is 10.0. The monoisotopic (exact) mass is 501 g/mol. The van der Waals surface area contributed by atoms with E-state index in [4.69, 9.17) is 4.74 Å². The van der Waals surface area contributed by atoms with Crippen LogP contribution < -0.4 is 9.46 Å². The standard InChI is InChI=1S/C29H31N3O3S/c1-21-10-12-23(13-11-21)31-36(33,34)25-15-17-29(35-2)26(19-25)27-16-14-24(30-27)20-32-18-6-9-28(32)22-7-4-3-5-8-22/h3-5,7-8,10-17,19,28,30-31H,6,9,18,20H2,1-2H3. The number of nitrogens with zero attached hydrogens (tertiary/aromatic N) is 1. The van der Waals surface area contributed by atoms with Crippen LogP contribution in [0, 0.1) is 6.92 Å². The number of aryl methyl sites for hydroxylation is 1. The average Bonchev–Trinajstić information content (AvgIpc) is 3.55. The minimum Gasteiger partial charge on any atom is -0.496 e. The van der Waals surface area contributed by atoms with E-state index in [1.54, 1.807) is 37.4 Å². The maximum absolute atomic E-state index is 13.1. The van der Waals surface area contributed by atoms with Crippen molar-refractivity contribution in [1.29, 1.82) is 0 Å². The molecule has 7 heteroatoms. The number of likely N-dealkylation sites (tertiary alicyclic amines) is 1. The van der Waals surface area contributed by atoms with Gasteiger partial charge in [0, 0.05) is 35.2 Å². The summed E-state index contributed by atoms with van der Waals surface area (Å²) in [7, 11) is -2.17. The highest BCUT2D eigenvalue weighted by molar-refractivity contribution is 7.92. The number of nitrogens with one attached hydrogen (secondary N) is 2. The molecule has 1 aromatic heterocycles. The van der Waals surface area contributed by atoms with Crippen molar-refractivity contribution in [2.75, 3.05) is 18.4 Å². The molecular formula is C29H31N3O3S. The summed E-state index contributed by atoms with van der Waals surface area (Å²) in [5.41, 5.74) is 5.56. The molecule has 0 saturated carbocycles. The van der Waals surface area contributed by atoms with E-state index >= 15 is 0 Å². The third kappa shape index (κ3) is 5.17. The lowest BCUT2D eigenvalue weighted by Gasteiger charge is -2.24. The summed E-state index contributed by atoms with van der Waals surface area (Å²) >= 11 is 0. The molecule has 0 radical (unpaired) electrons. The smallest absolute Gasteiger partial charge is 0.261 e. The van der Waals surface area contributed by atoms with Crippen molar-refractivity contribution in [1.82, 2.24) is 9.88 Å². The molecular weight excluding hydrogens is 470 g/mol. The molecule has 1 unspecified atom stereocenters. The molecule has 1 aliphatic rings. The summed E-state index contributed by atoms with van der Waals surface area (Å²) in [5, 5.41) is 0. The number of rotatable bonds is 8. The van der Waals surface area contributed by atoms with Gasteiger partial charge in [-0.25, -0.2) is 8.42 Å². The van der Waals surface area contributed by atoms with Crippen molar-refractivity contribution >= 4 is 15.7 Å². The van der Waals surface area contributed by atoms with Crippen molar-refractivity contribution in [3.8, 4) is 17.0 Å². The van der Waals surface area contributed by atoms with Gasteiger partial charge in [-0.1, -0.05) is 48.0 Å². The van der Waals surface area contributed by atoms with Crippen molar-refractivity contribution in [2.24, 2.45) is 0 Å². The van der Waals surface area contributed by atoms with Crippen LogP contribution in [0.15, 0.2) is 89.8 Å². The molecule has 2 N–H and O–H groups in total. The molecule has 0 aliphatic carbocycles. The lowest BCUT2D eigenvalue weighted by Crippen LogP contribution is -2.22. The van der Waals surface area contributed by atoms with E-state index in [9.17, 15) is 8.42 Å². The number of anilines is 1. The average molecular weight is 502 g/mol. The van der Waals surface area contributed by atoms with Gasteiger partial charge in [0.2, 0.25) is 0 Å². The van der Waals surface area contributed by atoms with Crippen LogP contribution in [0.1, 0.15) is 35.7 Å². The Morgan fingerprint density at radius 2 is 1.78 bits per heavy atom. The Morgan fingerprint density at radius 1 is 1.00 bits per heavy atom. The van der Waals surface area contributed by atoms with Gasteiger partial charge >= 0.3 is 0 Å². The number of benzene rings is 3. The van der Waals surface area contributed by atoms with Crippen molar-refractivity contribution in [3.05, 3.63) is 102 Å². The first-order chi connectivity index (χ1) is 17.4. The van der Waals surface area contributed by atoms with Gasteiger partial charge in [0.25, 0.3) is 10.0 Å². The Labute approximate surface area is 213 Å². The van der Waals surface area contributed by atoms with Crippen LogP contribution in [-0.4, -0.2) is 32.0 Å². The zero-order valence-corrected chi connectivity index (χ0v) is 21.4. The molecule has 5 rings (SSSR count). The molecule has 36 heavy (non-hydrogen) atoms. The number of H-pyrrole nitrogens is 1. The van der Waals surface area contributed by atoms with E-state index in [0.717, 1.165) is 36.5 Å². The Balaban J connectivity index is 1.38. The number of hydrogen-bond donors (Lipinski definition) is 2. The summed E-state index contributed by atoms with van der Waals surface area (Å²) in [6.07, 6.45) is 2.33. The molecule has 186 valence electrons. The Bertz CT molecular complexity index is 1430. The van der Waals surface area contributed by atoms with Gasteiger partial charge in [-0.2, -0.15) is 0 Å². The van der Waals surface area contributed by atoms with Crippen LogP contribution in [0.5, 0.6) is 5.75 Å². The van der Waals surface area contributed by atoms with E-state index in [1.165, 1.54) is 12.0 Å². The van der Waals surface area contributed by atoms with Crippen LogP contribution in [-0.2, 0) is 16.6 Å². The first-order valence-corrected chi connectivity index (χ1v) is 13.7. The van der Waals surface area contributed by atoms with Crippen molar-refractivity contribution in [2.45, 2.75) is 37.2 Å². The minimum absolute atomic E-state index is 0.179. The predicted octanol–water partition coefficient (Wildman–Crippen LogP) is 6.14. The van der Waals surface area contributed by atoms with Gasteiger partial charge in [-0.3, -0.25) is 9.62 Å². The second kappa shape index (κ2) is 10.2. The topological polar surface area (TPSA) is 74.4 Å². The Kier molecular flexibility index (Phi) is 6.85. The van der Waals surface area contributed by atoms with E-state index in [-0.39, 0.29) is 4.90 Å². The first kappa shape index (κ1) is 24.2. The van der Waals surface area contributed by atoms with Gasteiger partial charge in [0.1, 0.15) is 5.75 Å². The van der Waals surface area contributed by atoms with Gasteiger partial charge < -0.3 is 9.72 Å². The summed E-state index contributed by atoms with van der Waals surface area (Å²) in [4.78, 5) is 6.17. The molecule has 3 aromatic carbocycles. The molecule has 1 aliphatic heterocycles. The number of hydrogen-bond acceptors (Lipinski definition) is 4. The SMILES string of the molecule is COc1ccc(S(=O)(=O)Nc2ccc(C)cc2)cc1-c1ccc(CN2CCCC2c2ccccc2)[nH]1. The van der Waals surface area contributed by atoms with Crippen molar-refractivity contribution < 1.29 is 13.2 Å². The van der Waals surface area contributed by atoms with Gasteiger partial charge in [-0.05, 0) is 74.3 Å².